The van der Waals surface area contributed by atoms with E-state index < -0.39 is 29.0 Å². The van der Waals surface area contributed by atoms with Gasteiger partial charge in [0.1, 0.15) is 16.7 Å². The number of pyridine rings is 1. The monoisotopic (exact) mass is 627 g/mol. The molecule has 4 aliphatic rings. The molecule has 3 N–H and O–H groups in total. The standard InChI is InChI=1S/C32H39Cl2N5O4/c1-30(2)10-12-31(13-11-30)32(21-7-5-19(33)16-22(21)37-29(32)42)25(18-9-14-35-24(34)15-18)26(38-31)27(40)36-20-6-8-23(43-17-20)28(41)39(3)4/h5,7,9,14-16,20,23,25-26,38H,6,8,10-13,17H2,1-4H3,(H,36,40)(H,37,42)/t20-,23+,25+,26-,32-/m1/s1. The Morgan fingerprint density at radius 3 is 2.47 bits per heavy atom. The van der Waals surface area contributed by atoms with Crippen LogP contribution in [0.5, 0.6) is 0 Å². The number of carbonyl (C=O) groups is 3. The molecule has 2 saturated heterocycles. The number of likely N-dealkylation sites (N-methyl/N-ethyl adjacent to an activating group) is 1. The van der Waals surface area contributed by atoms with Gasteiger partial charge >= 0.3 is 0 Å². The summed E-state index contributed by atoms with van der Waals surface area (Å²) in [7, 11) is 3.42. The molecule has 11 heteroatoms. The van der Waals surface area contributed by atoms with Crippen LogP contribution in [0.1, 0.15) is 69.4 Å². The number of nitrogens with one attached hydrogen (secondary N) is 3. The first-order valence-corrected chi connectivity index (χ1v) is 15.8. The molecule has 5 atom stereocenters. The molecule has 4 heterocycles. The van der Waals surface area contributed by atoms with Crippen LogP contribution in [0.15, 0.2) is 36.5 Å². The molecule has 3 amide bonds. The average Bonchev–Trinajstić information content (AvgIpc) is 3.42. The number of nitrogens with zero attached hydrogens (tertiary/aromatic N) is 2. The third kappa shape index (κ3) is 5.02. The van der Waals surface area contributed by atoms with Crippen LogP contribution in [-0.2, 0) is 24.5 Å². The van der Waals surface area contributed by atoms with E-state index in [-0.39, 0.29) is 35.8 Å². The van der Waals surface area contributed by atoms with Crippen LogP contribution in [0, 0.1) is 5.41 Å². The van der Waals surface area contributed by atoms with Crippen molar-refractivity contribution in [2.24, 2.45) is 5.41 Å². The highest BCUT2D eigenvalue weighted by atomic mass is 35.5. The summed E-state index contributed by atoms with van der Waals surface area (Å²) in [5.74, 6) is -1.01. The Hall–Kier alpha value is -2.72. The van der Waals surface area contributed by atoms with Gasteiger partial charge in [-0.3, -0.25) is 19.7 Å². The van der Waals surface area contributed by atoms with Gasteiger partial charge in [0, 0.05) is 42.5 Å². The van der Waals surface area contributed by atoms with Crippen LogP contribution in [0.4, 0.5) is 5.69 Å². The van der Waals surface area contributed by atoms with Gasteiger partial charge in [-0.15, -0.1) is 0 Å². The SMILES string of the molecule is CN(C)C(=O)[C@@H]1CC[C@@H](NC(=O)[C@@H]2NC3(CCC(C)(C)CC3)[C@@]3(C(=O)Nc4cc(Cl)ccc43)[C@H]2c2ccnc(Cl)c2)CO1. The van der Waals surface area contributed by atoms with Crippen LogP contribution in [0.3, 0.4) is 0 Å². The summed E-state index contributed by atoms with van der Waals surface area (Å²) < 4.78 is 5.88. The number of benzene rings is 1. The van der Waals surface area contributed by atoms with E-state index >= 15 is 0 Å². The van der Waals surface area contributed by atoms with E-state index in [1.807, 2.05) is 18.2 Å². The molecule has 1 aromatic carbocycles. The van der Waals surface area contributed by atoms with Crippen molar-refractivity contribution in [2.45, 2.75) is 87.4 Å². The normalized spacial score (nSPS) is 30.6. The zero-order valence-electron chi connectivity index (χ0n) is 25.0. The van der Waals surface area contributed by atoms with Crippen LogP contribution >= 0.6 is 23.2 Å². The number of aromatic nitrogens is 1. The van der Waals surface area contributed by atoms with Crippen molar-refractivity contribution in [3.8, 4) is 0 Å². The second-order valence-electron chi connectivity index (χ2n) is 13.5. The predicted molar refractivity (Wildman–Crippen MR) is 165 cm³/mol. The summed E-state index contributed by atoms with van der Waals surface area (Å²) in [6.45, 7) is 4.75. The Kier molecular flexibility index (Phi) is 7.77. The number of ether oxygens (including phenoxy) is 1. The molecule has 0 bridgehead atoms. The van der Waals surface area contributed by atoms with Crippen molar-refractivity contribution in [1.82, 2.24) is 20.5 Å². The smallest absolute Gasteiger partial charge is 0.251 e. The number of halogens is 2. The first-order chi connectivity index (χ1) is 20.4. The molecule has 2 spiro atoms. The van der Waals surface area contributed by atoms with Crippen LogP contribution in [-0.4, -0.2) is 72.0 Å². The number of hydrogen-bond donors (Lipinski definition) is 3. The van der Waals surface area contributed by atoms with Crippen molar-refractivity contribution in [3.05, 3.63) is 57.8 Å². The summed E-state index contributed by atoms with van der Waals surface area (Å²) >= 11 is 12.8. The second-order valence-corrected chi connectivity index (χ2v) is 14.4. The Bertz CT molecular complexity index is 1450. The van der Waals surface area contributed by atoms with Gasteiger partial charge in [-0.2, -0.15) is 0 Å². The highest BCUT2D eigenvalue weighted by Crippen LogP contribution is 2.63. The summed E-state index contributed by atoms with van der Waals surface area (Å²) in [5.41, 5.74) is 0.606. The van der Waals surface area contributed by atoms with E-state index in [0.29, 0.717) is 28.7 Å². The van der Waals surface area contributed by atoms with Crippen LogP contribution in [0.2, 0.25) is 10.2 Å². The van der Waals surface area contributed by atoms with E-state index in [2.05, 4.69) is 34.8 Å². The fourth-order valence-corrected chi connectivity index (χ4v) is 8.29. The van der Waals surface area contributed by atoms with E-state index in [1.54, 1.807) is 32.4 Å². The van der Waals surface area contributed by atoms with Gasteiger partial charge in [0.05, 0.1) is 18.7 Å². The third-order valence-corrected chi connectivity index (χ3v) is 10.6. The topological polar surface area (TPSA) is 113 Å². The van der Waals surface area contributed by atoms with E-state index in [9.17, 15) is 14.4 Å². The van der Waals surface area contributed by atoms with Crippen molar-refractivity contribution in [3.63, 3.8) is 0 Å². The minimum Gasteiger partial charge on any atom is -0.366 e. The van der Waals surface area contributed by atoms with E-state index in [4.69, 9.17) is 27.9 Å². The molecule has 0 radical (unpaired) electrons. The second kappa shape index (κ2) is 11.0. The van der Waals surface area contributed by atoms with Gasteiger partial charge in [-0.05, 0) is 79.3 Å². The number of fused-ring (bicyclic) bond motifs is 3. The fourth-order valence-electron chi connectivity index (χ4n) is 7.93. The maximum Gasteiger partial charge on any atom is 0.251 e. The Labute approximate surface area is 262 Å². The summed E-state index contributed by atoms with van der Waals surface area (Å²) in [6.07, 6.45) is 5.47. The van der Waals surface area contributed by atoms with Crippen molar-refractivity contribution in [1.29, 1.82) is 0 Å². The highest BCUT2D eigenvalue weighted by Gasteiger charge is 2.72. The molecule has 2 aromatic rings. The maximum absolute atomic E-state index is 14.6. The quantitative estimate of drug-likeness (QED) is 0.433. The minimum atomic E-state index is -1.09. The molecule has 1 saturated carbocycles. The van der Waals surface area contributed by atoms with Crippen LogP contribution in [0.25, 0.3) is 0 Å². The zero-order valence-corrected chi connectivity index (χ0v) is 26.5. The summed E-state index contributed by atoms with van der Waals surface area (Å²) in [4.78, 5) is 47.1. The molecule has 6 rings (SSSR count). The molecular formula is C32H39Cl2N5O4. The third-order valence-electron chi connectivity index (χ3n) is 10.2. The summed E-state index contributed by atoms with van der Waals surface area (Å²) in [6, 6.07) is 8.16. The van der Waals surface area contributed by atoms with Crippen molar-refractivity contribution in [2.75, 3.05) is 26.0 Å². The number of carbonyl (C=O) groups excluding carboxylic acids is 3. The first-order valence-electron chi connectivity index (χ1n) is 15.0. The molecule has 3 fully saturated rings. The number of rotatable bonds is 4. The van der Waals surface area contributed by atoms with E-state index in [0.717, 1.165) is 36.8 Å². The Morgan fingerprint density at radius 1 is 1.07 bits per heavy atom. The molecule has 9 nitrogen and oxygen atoms in total. The lowest BCUT2D eigenvalue weighted by Crippen LogP contribution is -2.61. The lowest BCUT2D eigenvalue weighted by Gasteiger charge is -2.50. The van der Waals surface area contributed by atoms with Gasteiger partial charge in [0.25, 0.3) is 5.91 Å². The van der Waals surface area contributed by atoms with Gasteiger partial charge in [-0.25, -0.2) is 4.98 Å². The number of hydrogen-bond acceptors (Lipinski definition) is 6. The van der Waals surface area contributed by atoms with Crippen molar-refractivity contribution < 1.29 is 19.1 Å². The Balaban J connectivity index is 1.42. The molecule has 230 valence electrons. The maximum atomic E-state index is 14.6. The number of anilines is 1. The van der Waals surface area contributed by atoms with Crippen molar-refractivity contribution >= 4 is 46.6 Å². The van der Waals surface area contributed by atoms with Gasteiger partial charge in [-0.1, -0.05) is 43.1 Å². The molecular weight excluding hydrogens is 589 g/mol. The molecule has 1 aromatic heterocycles. The highest BCUT2D eigenvalue weighted by molar-refractivity contribution is 6.31. The lowest BCUT2D eigenvalue weighted by atomic mass is 9.53. The molecule has 0 unspecified atom stereocenters. The predicted octanol–water partition coefficient (Wildman–Crippen LogP) is 4.42. The van der Waals surface area contributed by atoms with Gasteiger partial charge in [0.15, 0.2) is 0 Å². The van der Waals surface area contributed by atoms with Gasteiger partial charge in [0.2, 0.25) is 11.8 Å². The largest absolute Gasteiger partial charge is 0.366 e. The Morgan fingerprint density at radius 2 is 1.81 bits per heavy atom. The van der Waals surface area contributed by atoms with Gasteiger partial charge < -0.3 is 20.3 Å². The first kappa shape index (κ1) is 30.3. The minimum absolute atomic E-state index is 0.0769. The molecule has 3 aliphatic heterocycles. The molecule has 1 aliphatic carbocycles. The average molecular weight is 629 g/mol. The molecule has 43 heavy (non-hydrogen) atoms. The summed E-state index contributed by atoms with van der Waals surface area (Å²) in [5, 5.41) is 11.0. The van der Waals surface area contributed by atoms with Crippen LogP contribution < -0.4 is 16.0 Å². The van der Waals surface area contributed by atoms with E-state index in [1.165, 1.54) is 4.90 Å². The lowest BCUT2D eigenvalue weighted by molar-refractivity contribution is -0.145. The zero-order chi connectivity index (χ0) is 30.7. The fraction of sp³-hybridized carbons (Fsp3) is 0.562. The number of amides is 3.